The molecule has 2 fully saturated rings. The van der Waals surface area contributed by atoms with Gasteiger partial charge < -0.3 is 24.6 Å². The van der Waals surface area contributed by atoms with Gasteiger partial charge in [-0.05, 0) is 106 Å². The molecule has 228 valence electrons. The number of carbonyl (C=O) groups excluding carboxylic acids is 2. The molecule has 0 unspecified atom stereocenters. The number of rotatable bonds is 10. The van der Waals surface area contributed by atoms with E-state index in [1.807, 2.05) is 42.2 Å². The van der Waals surface area contributed by atoms with Gasteiger partial charge in [0.2, 0.25) is 0 Å². The Hall–Kier alpha value is -3.55. The molecule has 2 heterocycles. The van der Waals surface area contributed by atoms with Crippen molar-refractivity contribution >= 4 is 29.1 Å². The zero-order chi connectivity index (χ0) is 30.3. The van der Waals surface area contributed by atoms with E-state index in [4.69, 9.17) is 21.1 Å². The minimum Gasteiger partial charge on any atom is -0.496 e. The number of anilines is 1. The second kappa shape index (κ2) is 14.3. The summed E-state index contributed by atoms with van der Waals surface area (Å²) in [5, 5.41) is 3.23. The molecule has 0 spiro atoms. The normalized spacial score (nSPS) is 15.4. The van der Waals surface area contributed by atoms with E-state index < -0.39 is 0 Å². The Bertz CT molecular complexity index is 1460. The summed E-state index contributed by atoms with van der Waals surface area (Å²) in [6.07, 6.45) is 6.70. The fraction of sp³-hybridized carbons (Fsp3) is 0.429. The lowest BCUT2D eigenvalue weighted by Gasteiger charge is -2.27. The van der Waals surface area contributed by atoms with Gasteiger partial charge in [0.25, 0.3) is 11.8 Å². The van der Waals surface area contributed by atoms with Crippen molar-refractivity contribution in [3.8, 4) is 22.6 Å². The van der Waals surface area contributed by atoms with Crippen LogP contribution in [-0.2, 0) is 0 Å². The van der Waals surface area contributed by atoms with Crippen LogP contribution in [0.4, 0.5) is 5.69 Å². The molecule has 0 bridgehead atoms. The Morgan fingerprint density at radius 2 is 1.51 bits per heavy atom. The number of nitrogens with one attached hydrogen (secondary N) is 1. The van der Waals surface area contributed by atoms with Gasteiger partial charge in [-0.3, -0.25) is 9.59 Å². The van der Waals surface area contributed by atoms with E-state index in [1.54, 1.807) is 12.1 Å². The molecular weight excluding hydrogens is 562 g/mol. The van der Waals surface area contributed by atoms with Crippen molar-refractivity contribution in [3.63, 3.8) is 0 Å². The smallest absolute Gasteiger partial charge is 0.257 e. The SMILES string of the molecule is COc1cc(NC(=O)c2cccc(-c3cccc(OCCCN4CCCC4)c3C)c2C)c(Cl)cc1C(=O)N1CCCCC1. The van der Waals surface area contributed by atoms with Crippen molar-refractivity contribution in [3.05, 3.63) is 75.8 Å². The average Bonchev–Trinajstić information content (AvgIpc) is 3.55. The lowest BCUT2D eigenvalue weighted by molar-refractivity contribution is 0.0721. The first-order valence-corrected chi connectivity index (χ1v) is 15.8. The first-order valence-electron chi connectivity index (χ1n) is 15.4. The lowest BCUT2D eigenvalue weighted by Crippen LogP contribution is -2.35. The van der Waals surface area contributed by atoms with Crippen LogP contribution in [0.2, 0.25) is 5.02 Å². The highest BCUT2D eigenvalue weighted by molar-refractivity contribution is 6.34. The summed E-state index contributed by atoms with van der Waals surface area (Å²) in [4.78, 5) is 31.1. The Morgan fingerprint density at radius 3 is 2.23 bits per heavy atom. The fourth-order valence-electron chi connectivity index (χ4n) is 6.15. The van der Waals surface area contributed by atoms with Crippen molar-refractivity contribution < 1.29 is 19.1 Å². The molecular formula is C35H42ClN3O4. The quantitative estimate of drug-likeness (QED) is 0.245. The summed E-state index contributed by atoms with van der Waals surface area (Å²) >= 11 is 6.61. The molecule has 3 aromatic carbocycles. The Morgan fingerprint density at radius 1 is 0.837 bits per heavy atom. The van der Waals surface area contributed by atoms with Gasteiger partial charge in [0, 0.05) is 31.3 Å². The molecule has 2 aliphatic rings. The number of methoxy groups -OCH3 is 1. The molecule has 43 heavy (non-hydrogen) atoms. The zero-order valence-corrected chi connectivity index (χ0v) is 26.3. The van der Waals surface area contributed by atoms with Gasteiger partial charge in [-0.25, -0.2) is 0 Å². The number of likely N-dealkylation sites (tertiary alicyclic amines) is 2. The average molecular weight is 604 g/mol. The van der Waals surface area contributed by atoms with E-state index in [-0.39, 0.29) is 16.8 Å². The first-order chi connectivity index (χ1) is 20.9. The largest absolute Gasteiger partial charge is 0.496 e. The van der Waals surface area contributed by atoms with Crippen LogP contribution in [0.15, 0.2) is 48.5 Å². The van der Waals surface area contributed by atoms with Crippen molar-refractivity contribution in [2.24, 2.45) is 0 Å². The second-order valence-corrected chi connectivity index (χ2v) is 11.9. The third kappa shape index (κ3) is 7.16. The van der Waals surface area contributed by atoms with Gasteiger partial charge in [0.05, 0.1) is 30.0 Å². The molecule has 2 amide bonds. The van der Waals surface area contributed by atoms with E-state index >= 15 is 0 Å². The highest BCUT2D eigenvalue weighted by Gasteiger charge is 2.24. The minimum absolute atomic E-state index is 0.104. The molecule has 0 saturated carbocycles. The van der Waals surface area contributed by atoms with Gasteiger partial charge in [-0.2, -0.15) is 0 Å². The molecule has 0 aliphatic carbocycles. The molecule has 7 nitrogen and oxygen atoms in total. The molecule has 0 atom stereocenters. The standard InChI is InChI=1S/C35H42ClN3O4/c1-24-26(27-13-10-15-32(25(27)2)43-21-11-18-38-16-7-8-17-38)12-9-14-28(24)34(40)37-31-23-33(42-3)29(22-30(31)36)35(41)39-19-5-4-6-20-39/h9-10,12-15,22-23H,4-8,11,16-21H2,1-3H3,(H,37,40). The Balaban J connectivity index is 1.31. The molecule has 3 aromatic rings. The highest BCUT2D eigenvalue weighted by Crippen LogP contribution is 2.35. The van der Waals surface area contributed by atoms with E-state index in [9.17, 15) is 9.59 Å². The zero-order valence-electron chi connectivity index (χ0n) is 25.5. The predicted molar refractivity (Wildman–Crippen MR) is 173 cm³/mol. The number of amides is 2. The van der Waals surface area contributed by atoms with E-state index in [2.05, 4.69) is 23.2 Å². The minimum atomic E-state index is -0.287. The molecule has 0 aromatic heterocycles. The molecule has 1 N–H and O–H groups in total. The summed E-state index contributed by atoms with van der Waals surface area (Å²) in [5.41, 5.74) is 5.24. The molecule has 2 aliphatic heterocycles. The fourth-order valence-corrected chi connectivity index (χ4v) is 6.37. The second-order valence-electron chi connectivity index (χ2n) is 11.5. The Labute approximate surface area is 260 Å². The maximum Gasteiger partial charge on any atom is 0.257 e. The van der Waals surface area contributed by atoms with Crippen LogP contribution in [0.25, 0.3) is 11.1 Å². The van der Waals surface area contributed by atoms with Crippen molar-refractivity contribution in [2.45, 2.75) is 52.4 Å². The van der Waals surface area contributed by atoms with Crippen LogP contribution in [-0.4, -0.2) is 68.1 Å². The third-order valence-corrected chi connectivity index (χ3v) is 8.95. The number of carbonyl (C=O) groups is 2. The highest BCUT2D eigenvalue weighted by atomic mass is 35.5. The summed E-state index contributed by atoms with van der Waals surface area (Å²) in [6, 6.07) is 15.0. The van der Waals surface area contributed by atoms with Crippen molar-refractivity contribution in [1.82, 2.24) is 9.80 Å². The number of benzene rings is 3. The Kier molecular flexibility index (Phi) is 10.3. The topological polar surface area (TPSA) is 71.1 Å². The van der Waals surface area contributed by atoms with Crippen LogP contribution in [0.1, 0.15) is 70.4 Å². The first kappa shape index (κ1) is 30.9. The molecule has 2 saturated heterocycles. The number of ether oxygens (including phenoxy) is 2. The number of hydrogen-bond acceptors (Lipinski definition) is 5. The summed E-state index contributed by atoms with van der Waals surface area (Å²) < 4.78 is 11.8. The van der Waals surface area contributed by atoms with Gasteiger partial charge in [0.15, 0.2) is 0 Å². The summed E-state index contributed by atoms with van der Waals surface area (Å²) in [7, 11) is 1.52. The molecule has 0 radical (unpaired) electrons. The predicted octanol–water partition coefficient (Wildman–Crippen LogP) is 7.38. The number of piperidine rings is 1. The third-order valence-electron chi connectivity index (χ3n) is 8.64. The van der Waals surface area contributed by atoms with Crippen LogP contribution < -0.4 is 14.8 Å². The maximum atomic E-state index is 13.6. The van der Waals surface area contributed by atoms with Crippen LogP contribution >= 0.6 is 11.6 Å². The van der Waals surface area contributed by atoms with Gasteiger partial charge in [-0.15, -0.1) is 0 Å². The van der Waals surface area contributed by atoms with E-state index in [0.29, 0.717) is 29.2 Å². The van der Waals surface area contributed by atoms with Crippen LogP contribution in [0.3, 0.4) is 0 Å². The van der Waals surface area contributed by atoms with E-state index in [0.717, 1.165) is 73.3 Å². The van der Waals surface area contributed by atoms with Crippen molar-refractivity contribution in [1.29, 1.82) is 0 Å². The van der Waals surface area contributed by atoms with Crippen LogP contribution in [0, 0.1) is 13.8 Å². The summed E-state index contributed by atoms with van der Waals surface area (Å²) in [5.74, 6) is 0.860. The van der Waals surface area contributed by atoms with Crippen molar-refractivity contribution in [2.75, 3.05) is 51.8 Å². The monoisotopic (exact) mass is 603 g/mol. The summed E-state index contributed by atoms with van der Waals surface area (Å²) in [6.45, 7) is 9.60. The maximum absolute atomic E-state index is 13.6. The lowest BCUT2D eigenvalue weighted by atomic mass is 9.93. The van der Waals surface area contributed by atoms with Gasteiger partial charge in [-0.1, -0.05) is 35.9 Å². The number of halogens is 1. The molecule has 8 heteroatoms. The molecule has 5 rings (SSSR count). The van der Waals surface area contributed by atoms with Gasteiger partial charge in [0.1, 0.15) is 11.5 Å². The van der Waals surface area contributed by atoms with Crippen LogP contribution in [0.5, 0.6) is 11.5 Å². The van der Waals surface area contributed by atoms with E-state index in [1.165, 1.54) is 33.0 Å². The number of hydrogen-bond donors (Lipinski definition) is 1. The number of nitrogens with zero attached hydrogens (tertiary/aromatic N) is 2. The van der Waals surface area contributed by atoms with Gasteiger partial charge >= 0.3 is 0 Å².